The molecule has 0 bridgehead atoms. The zero-order chi connectivity index (χ0) is 10.5. The van der Waals surface area contributed by atoms with E-state index in [9.17, 15) is 4.79 Å². The van der Waals surface area contributed by atoms with Crippen molar-refractivity contribution < 1.29 is 4.79 Å². The summed E-state index contributed by atoms with van der Waals surface area (Å²) in [7, 11) is 0. The minimum Gasteiger partial charge on any atom is -0.274 e. The van der Waals surface area contributed by atoms with Gasteiger partial charge in [-0.1, -0.05) is 24.6 Å². The Hall–Kier alpha value is -1.35. The molecule has 1 N–H and O–H groups in total. The van der Waals surface area contributed by atoms with Crippen LogP contribution in [0.1, 0.15) is 29.6 Å². The summed E-state index contributed by atoms with van der Waals surface area (Å²) in [6, 6.07) is 10.3. The minimum absolute atomic E-state index is 0.0255. The Morgan fingerprint density at radius 2 is 2.27 bits per heavy atom. The fourth-order valence-electron chi connectivity index (χ4n) is 1.71. The molecule has 3 heteroatoms. The van der Waals surface area contributed by atoms with Crippen molar-refractivity contribution in [1.29, 1.82) is 0 Å². The molecule has 1 aliphatic heterocycles. The largest absolute Gasteiger partial charge is 0.274 e. The van der Waals surface area contributed by atoms with E-state index in [0.29, 0.717) is 5.56 Å². The Bertz CT molecular complexity index is 316. The van der Waals surface area contributed by atoms with Crippen molar-refractivity contribution in [1.82, 2.24) is 10.4 Å². The molecular weight excluding hydrogens is 188 g/mol. The van der Waals surface area contributed by atoms with E-state index in [-0.39, 0.29) is 5.91 Å². The fourth-order valence-corrected chi connectivity index (χ4v) is 1.71. The van der Waals surface area contributed by atoms with E-state index in [1.807, 2.05) is 12.1 Å². The number of nitrogens with one attached hydrogen (secondary N) is 1. The Labute approximate surface area is 90.1 Å². The van der Waals surface area contributed by atoms with Gasteiger partial charge in [0.05, 0.1) is 0 Å². The lowest BCUT2D eigenvalue weighted by atomic mass is 10.2. The summed E-state index contributed by atoms with van der Waals surface area (Å²) >= 11 is 0. The summed E-state index contributed by atoms with van der Waals surface area (Å²) in [4.78, 5) is 12.0. The highest BCUT2D eigenvalue weighted by Crippen LogP contribution is 2.07. The van der Waals surface area contributed by atoms with Gasteiger partial charge < -0.3 is 0 Å². The molecule has 0 aliphatic carbocycles. The molecule has 1 aromatic carbocycles. The van der Waals surface area contributed by atoms with Crippen molar-refractivity contribution in [2.75, 3.05) is 13.1 Å². The molecule has 0 saturated carbocycles. The van der Waals surface area contributed by atoms with Gasteiger partial charge in [-0.05, 0) is 25.0 Å². The van der Waals surface area contributed by atoms with Crippen LogP contribution < -0.4 is 5.43 Å². The van der Waals surface area contributed by atoms with Gasteiger partial charge in [0.25, 0.3) is 5.91 Å². The predicted molar refractivity (Wildman–Crippen MR) is 58.2 cm³/mol. The second-order valence-electron chi connectivity index (χ2n) is 3.70. The van der Waals surface area contributed by atoms with Crippen LogP contribution in [0.5, 0.6) is 0 Å². The molecule has 1 saturated heterocycles. The number of hydrogen-bond acceptors (Lipinski definition) is 2. The third-order valence-corrected chi connectivity index (χ3v) is 2.55. The maximum absolute atomic E-state index is 12.0. The Morgan fingerprint density at radius 1 is 1.33 bits per heavy atom. The van der Waals surface area contributed by atoms with Crippen LogP contribution in [-0.4, -0.2) is 24.0 Å². The van der Waals surface area contributed by atoms with Crippen LogP contribution in [0.25, 0.3) is 0 Å². The van der Waals surface area contributed by atoms with Gasteiger partial charge in [0.1, 0.15) is 0 Å². The first-order valence-electron chi connectivity index (χ1n) is 5.40. The normalized spacial score (nSPS) is 17.2. The molecule has 0 atom stereocenters. The summed E-state index contributed by atoms with van der Waals surface area (Å²) in [5.41, 5.74) is 3.78. The first kappa shape index (κ1) is 10.2. The summed E-state index contributed by atoms with van der Waals surface area (Å²) in [5, 5.41) is 1.71. The van der Waals surface area contributed by atoms with Gasteiger partial charge in [0.15, 0.2) is 0 Å². The molecule has 1 amide bonds. The maximum Gasteiger partial charge on any atom is 0.268 e. The maximum atomic E-state index is 12.0. The molecule has 1 heterocycles. The van der Waals surface area contributed by atoms with Gasteiger partial charge in [-0.2, -0.15) is 0 Å². The third-order valence-electron chi connectivity index (χ3n) is 2.55. The average Bonchev–Trinajstić information content (AvgIpc) is 2.58. The molecule has 1 aliphatic rings. The Balaban J connectivity index is 2.06. The highest BCUT2D eigenvalue weighted by molar-refractivity contribution is 5.93. The number of hydrogen-bond donors (Lipinski definition) is 1. The number of nitrogens with zero attached hydrogens (tertiary/aromatic N) is 1. The molecule has 0 spiro atoms. The first-order chi connectivity index (χ1) is 7.38. The van der Waals surface area contributed by atoms with E-state index in [1.165, 1.54) is 6.42 Å². The zero-order valence-corrected chi connectivity index (χ0v) is 8.70. The van der Waals surface area contributed by atoms with Gasteiger partial charge in [-0.15, -0.1) is 0 Å². The molecule has 0 unspecified atom stereocenters. The van der Waals surface area contributed by atoms with Crippen molar-refractivity contribution in [3.8, 4) is 0 Å². The van der Waals surface area contributed by atoms with Crippen LogP contribution in [0.4, 0.5) is 0 Å². The molecule has 3 nitrogen and oxygen atoms in total. The molecule has 1 radical (unpaired) electrons. The summed E-state index contributed by atoms with van der Waals surface area (Å²) in [6.07, 6.45) is 3.41. The SMILES string of the molecule is O=C(c1[c]cccc1)N1CCCCCN1. The van der Waals surface area contributed by atoms with Crippen LogP contribution in [0.15, 0.2) is 24.3 Å². The standard InChI is InChI=1S/C12H15N2O/c15-12(11-7-3-1-4-8-11)14-10-6-2-5-9-13-14/h1,3-4,7,13H,2,5-6,9-10H2. The predicted octanol–water partition coefficient (Wildman–Crippen LogP) is 1.62. The first-order valence-corrected chi connectivity index (χ1v) is 5.40. The number of carbonyl (C=O) groups excluding carboxylic acids is 1. The minimum atomic E-state index is 0.0255. The average molecular weight is 203 g/mol. The topological polar surface area (TPSA) is 32.3 Å². The highest BCUT2D eigenvalue weighted by Gasteiger charge is 2.16. The lowest BCUT2D eigenvalue weighted by Crippen LogP contribution is -2.42. The van der Waals surface area contributed by atoms with Gasteiger partial charge in [0.2, 0.25) is 0 Å². The van der Waals surface area contributed by atoms with Gasteiger partial charge >= 0.3 is 0 Å². The Morgan fingerprint density at radius 3 is 3.07 bits per heavy atom. The van der Waals surface area contributed by atoms with Crippen molar-refractivity contribution in [2.45, 2.75) is 19.3 Å². The van der Waals surface area contributed by atoms with E-state index in [1.54, 1.807) is 17.1 Å². The lowest BCUT2D eigenvalue weighted by Gasteiger charge is -2.20. The monoisotopic (exact) mass is 203 g/mol. The summed E-state index contributed by atoms with van der Waals surface area (Å²) < 4.78 is 0. The van der Waals surface area contributed by atoms with Crippen molar-refractivity contribution in [3.63, 3.8) is 0 Å². The molecule has 1 aromatic rings. The van der Waals surface area contributed by atoms with Crippen LogP contribution >= 0.6 is 0 Å². The van der Waals surface area contributed by atoms with Gasteiger partial charge in [-0.3, -0.25) is 9.80 Å². The van der Waals surface area contributed by atoms with Crippen LogP contribution in [0.3, 0.4) is 0 Å². The number of rotatable bonds is 1. The Kier molecular flexibility index (Phi) is 3.35. The van der Waals surface area contributed by atoms with E-state index < -0.39 is 0 Å². The number of carbonyl (C=O) groups is 1. The van der Waals surface area contributed by atoms with Crippen LogP contribution in [-0.2, 0) is 0 Å². The summed E-state index contributed by atoms with van der Waals surface area (Å²) in [5.74, 6) is 0.0255. The molecule has 79 valence electrons. The molecule has 0 aromatic heterocycles. The fraction of sp³-hybridized carbons (Fsp3) is 0.417. The van der Waals surface area contributed by atoms with Gasteiger partial charge in [-0.25, -0.2) is 5.43 Å². The molecule has 15 heavy (non-hydrogen) atoms. The smallest absolute Gasteiger partial charge is 0.268 e. The van der Waals surface area contributed by atoms with Crippen LogP contribution in [0, 0.1) is 6.07 Å². The molecule has 2 rings (SSSR count). The highest BCUT2D eigenvalue weighted by atomic mass is 16.2. The quantitative estimate of drug-likeness (QED) is 0.752. The zero-order valence-electron chi connectivity index (χ0n) is 8.70. The van der Waals surface area contributed by atoms with Crippen molar-refractivity contribution in [3.05, 3.63) is 35.9 Å². The van der Waals surface area contributed by atoms with E-state index >= 15 is 0 Å². The number of benzene rings is 1. The van der Waals surface area contributed by atoms with E-state index in [0.717, 1.165) is 25.9 Å². The molecule has 1 fully saturated rings. The number of amides is 1. The lowest BCUT2D eigenvalue weighted by molar-refractivity contribution is 0.0673. The van der Waals surface area contributed by atoms with E-state index in [4.69, 9.17) is 0 Å². The van der Waals surface area contributed by atoms with Crippen LogP contribution in [0.2, 0.25) is 0 Å². The number of hydrazine groups is 1. The third kappa shape index (κ3) is 2.57. The van der Waals surface area contributed by atoms with Crippen molar-refractivity contribution in [2.24, 2.45) is 0 Å². The summed E-state index contributed by atoms with van der Waals surface area (Å²) in [6.45, 7) is 1.68. The second kappa shape index (κ2) is 4.94. The molecular formula is C12H15N2O. The van der Waals surface area contributed by atoms with E-state index in [2.05, 4.69) is 11.5 Å². The van der Waals surface area contributed by atoms with Crippen molar-refractivity contribution >= 4 is 5.91 Å². The van der Waals surface area contributed by atoms with Gasteiger partial charge in [0, 0.05) is 18.7 Å². The second-order valence-corrected chi connectivity index (χ2v) is 3.70.